The second-order valence-corrected chi connectivity index (χ2v) is 9.96. The van der Waals surface area contributed by atoms with Crippen molar-refractivity contribution >= 4 is 41.7 Å². The zero-order chi connectivity index (χ0) is 10.2. The van der Waals surface area contributed by atoms with Gasteiger partial charge >= 0.3 is 0 Å². The molecule has 0 aromatic rings. The van der Waals surface area contributed by atoms with Gasteiger partial charge in [0, 0.05) is 0 Å². The Morgan fingerprint density at radius 2 is 1.50 bits per heavy atom. The van der Waals surface area contributed by atoms with E-state index in [2.05, 4.69) is 31.9 Å². The molecule has 0 amide bonds. The first-order valence-electron chi connectivity index (χ1n) is 3.62. The van der Waals surface area contributed by atoms with Gasteiger partial charge in [-0.1, -0.05) is 31.9 Å². The molecule has 2 nitrogen and oxygen atoms in total. The molecule has 0 rings (SSSR count). The highest BCUT2D eigenvalue weighted by molar-refractivity contribution is 9.24. The summed E-state index contributed by atoms with van der Waals surface area (Å²) in [4.78, 5) is 0. The summed E-state index contributed by atoms with van der Waals surface area (Å²) >= 11 is 6.41. The lowest BCUT2D eigenvalue weighted by Crippen LogP contribution is -2.38. The van der Waals surface area contributed by atoms with Crippen LogP contribution in [0.15, 0.2) is 0 Å². The first-order valence-corrected chi connectivity index (χ1v) is 7.00. The first kappa shape index (κ1) is 12.9. The normalized spacial score (nSPS) is 16.6. The van der Waals surface area contributed by atoms with Crippen LogP contribution in [0.5, 0.6) is 0 Å². The maximum Gasteiger partial charge on any atom is 0.159 e. The molecular formula is C7H14Br2O2S. The van der Waals surface area contributed by atoms with Crippen LogP contribution in [0.25, 0.3) is 0 Å². The summed E-state index contributed by atoms with van der Waals surface area (Å²) in [6.07, 6.45) is 0. The van der Waals surface area contributed by atoms with Gasteiger partial charge in [-0.25, -0.2) is 8.42 Å². The molecule has 0 aromatic carbocycles. The van der Waals surface area contributed by atoms with E-state index >= 15 is 0 Å². The third-order valence-electron chi connectivity index (χ3n) is 1.70. The number of alkyl halides is 2. The highest BCUT2D eigenvalue weighted by Crippen LogP contribution is 2.27. The Morgan fingerprint density at radius 1 is 1.17 bits per heavy atom. The number of halogens is 2. The zero-order valence-electron chi connectivity index (χ0n) is 7.64. The highest BCUT2D eigenvalue weighted by Gasteiger charge is 2.36. The largest absolute Gasteiger partial charge is 0.228 e. The van der Waals surface area contributed by atoms with E-state index in [1.807, 2.05) is 0 Å². The molecule has 1 unspecified atom stereocenters. The average Bonchev–Trinajstić information content (AvgIpc) is 1.83. The van der Waals surface area contributed by atoms with Gasteiger partial charge in [-0.3, -0.25) is 0 Å². The second kappa shape index (κ2) is 3.96. The van der Waals surface area contributed by atoms with Crippen molar-refractivity contribution in [1.82, 2.24) is 0 Å². The Balaban J connectivity index is 4.89. The molecule has 12 heavy (non-hydrogen) atoms. The maximum atomic E-state index is 11.7. The fourth-order valence-corrected chi connectivity index (χ4v) is 3.78. The number of hydrogen-bond donors (Lipinski definition) is 0. The van der Waals surface area contributed by atoms with E-state index in [0.717, 1.165) is 0 Å². The van der Waals surface area contributed by atoms with Crippen molar-refractivity contribution in [2.24, 2.45) is 0 Å². The predicted octanol–water partition coefficient (Wildman–Crippen LogP) is 2.70. The van der Waals surface area contributed by atoms with Gasteiger partial charge in [-0.15, -0.1) is 0 Å². The molecule has 0 radical (unpaired) electrons. The van der Waals surface area contributed by atoms with Crippen molar-refractivity contribution in [3.8, 4) is 0 Å². The molecule has 0 fully saturated rings. The Morgan fingerprint density at radius 3 is 1.58 bits per heavy atom. The summed E-state index contributed by atoms with van der Waals surface area (Å²) in [6.45, 7) is 6.82. The monoisotopic (exact) mass is 320 g/mol. The Hall–Kier alpha value is 0.910. The van der Waals surface area contributed by atoms with Crippen LogP contribution in [0.3, 0.4) is 0 Å². The van der Waals surface area contributed by atoms with Crippen molar-refractivity contribution in [3.05, 3.63) is 0 Å². The summed E-state index contributed by atoms with van der Waals surface area (Å²) in [5.41, 5.74) is 0. The van der Waals surface area contributed by atoms with Crippen molar-refractivity contribution in [3.63, 3.8) is 0 Å². The molecule has 0 aliphatic carbocycles. The van der Waals surface area contributed by atoms with E-state index in [1.165, 1.54) is 0 Å². The van der Waals surface area contributed by atoms with Gasteiger partial charge in [0.05, 0.1) is 13.7 Å². The topological polar surface area (TPSA) is 34.1 Å². The van der Waals surface area contributed by atoms with Crippen LogP contribution in [-0.2, 0) is 9.84 Å². The lowest BCUT2D eigenvalue weighted by atomic mass is 10.3. The number of hydrogen-bond acceptors (Lipinski definition) is 2. The van der Waals surface area contributed by atoms with Crippen molar-refractivity contribution in [2.45, 2.75) is 41.4 Å². The smallest absolute Gasteiger partial charge is 0.159 e. The molecule has 5 heteroatoms. The molecule has 0 aromatic heterocycles. The van der Waals surface area contributed by atoms with Crippen LogP contribution in [0.4, 0.5) is 0 Å². The van der Waals surface area contributed by atoms with Gasteiger partial charge in [0.2, 0.25) is 0 Å². The van der Waals surface area contributed by atoms with Gasteiger partial charge in [-0.2, -0.15) is 0 Å². The molecule has 0 bridgehead atoms. The SMILES string of the molecule is CC(C(Br)Br)S(=O)(=O)C(C)(C)C. The highest BCUT2D eigenvalue weighted by atomic mass is 79.9. The maximum absolute atomic E-state index is 11.7. The standard InChI is InChI=1S/C7H14Br2O2S/c1-5(6(8)9)12(10,11)7(2,3)4/h5-6H,1-4H3. The van der Waals surface area contributed by atoms with Crippen LogP contribution < -0.4 is 0 Å². The Labute approximate surface area is 91.3 Å². The molecule has 0 aliphatic rings. The van der Waals surface area contributed by atoms with Crippen LogP contribution in [0.1, 0.15) is 27.7 Å². The first-order chi connectivity index (χ1) is 5.10. The van der Waals surface area contributed by atoms with Gasteiger partial charge in [0.1, 0.15) is 0 Å². The van der Waals surface area contributed by atoms with Gasteiger partial charge in [0.25, 0.3) is 0 Å². The van der Waals surface area contributed by atoms with E-state index < -0.39 is 19.8 Å². The minimum atomic E-state index is -3.07. The molecule has 0 aliphatic heterocycles. The van der Waals surface area contributed by atoms with E-state index in [9.17, 15) is 8.42 Å². The summed E-state index contributed by atoms with van der Waals surface area (Å²) < 4.78 is 22.6. The molecule has 0 saturated heterocycles. The van der Waals surface area contributed by atoms with Crippen LogP contribution in [0.2, 0.25) is 0 Å². The van der Waals surface area contributed by atoms with Crippen LogP contribution >= 0.6 is 31.9 Å². The molecule has 0 saturated carbocycles. The summed E-state index contributed by atoms with van der Waals surface area (Å²) in [7, 11) is -3.07. The van der Waals surface area contributed by atoms with Crippen molar-refractivity contribution < 1.29 is 8.42 Å². The Kier molecular flexibility index (Phi) is 4.27. The van der Waals surface area contributed by atoms with E-state index in [0.29, 0.717) is 0 Å². The minimum Gasteiger partial charge on any atom is -0.228 e. The van der Waals surface area contributed by atoms with Crippen molar-refractivity contribution in [2.75, 3.05) is 0 Å². The molecule has 0 heterocycles. The zero-order valence-corrected chi connectivity index (χ0v) is 11.6. The third kappa shape index (κ3) is 2.70. The van der Waals surface area contributed by atoms with Gasteiger partial charge in [0.15, 0.2) is 9.84 Å². The van der Waals surface area contributed by atoms with Gasteiger partial charge in [-0.05, 0) is 27.7 Å². The van der Waals surface area contributed by atoms with E-state index in [1.54, 1.807) is 27.7 Å². The summed E-state index contributed by atoms with van der Waals surface area (Å²) in [6, 6.07) is 0. The average molecular weight is 322 g/mol. The number of rotatable bonds is 2. The van der Waals surface area contributed by atoms with Crippen LogP contribution in [0, 0.1) is 0 Å². The van der Waals surface area contributed by atoms with Crippen molar-refractivity contribution in [1.29, 1.82) is 0 Å². The lowest BCUT2D eigenvalue weighted by molar-refractivity contribution is 0.551. The van der Waals surface area contributed by atoms with Crippen LogP contribution in [-0.4, -0.2) is 22.2 Å². The quantitative estimate of drug-likeness (QED) is 0.733. The van der Waals surface area contributed by atoms with Gasteiger partial charge < -0.3 is 0 Å². The third-order valence-corrected chi connectivity index (χ3v) is 6.94. The molecular weight excluding hydrogens is 308 g/mol. The lowest BCUT2D eigenvalue weighted by Gasteiger charge is -2.25. The predicted molar refractivity (Wildman–Crippen MR) is 59.8 cm³/mol. The fraction of sp³-hybridized carbons (Fsp3) is 1.00. The minimum absolute atomic E-state index is 0.186. The fourth-order valence-electron chi connectivity index (χ4n) is 0.693. The molecule has 74 valence electrons. The molecule has 0 spiro atoms. The second-order valence-electron chi connectivity index (χ2n) is 3.70. The van der Waals surface area contributed by atoms with E-state index in [-0.39, 0.29) is 3.74 Å². The summed E-state index contributed by atoms with van der Waals surface area (Å²) in [5, 5.41) is -0.419. The summed E-state index contributed by atoms with van der Waals surface area (Å²) in [5.74, 6) is 0. The van der Waals surface area contributed by atoms with E-state index in [4.69, 9.17) is 0 Å². The Bertz CT molecular complexity index is 239. The number of sulfone groups is 1. The molecule has 0 N–H and O–H groups in total. The molecule has 1 atom stereocenters.